The van der Waals surface area contributed by atoms with Gasteiger partial charge in [0.05, 0.1) is 0 Å². The lowest BCUT2D eigenvalue weighted by molar-refractivity contribution is 0.250. The van der Waals surface area contributed by atoms with Gasteiger partial charge in [-0.15, -0.1) is 0 Å². The van der Waals surface area contributed by atoms with Crippen LogP contribution in [0.3, 0.4) is 0 Å². The Hall–Kier alpha value is -1.86. The van der Waals surface area contributed by atoms with Gasteiger partial charge in [0.15, 0.2) is 0 Å². The van der Waals surface area contributed by atoms with Crippen molar-refractivity contribution in [1.82, 2.24) is 4.90 Å². The molecule has 33 heavy (non-hydrogen) atoms. The quantitative estimate of drug-likeness (QED) is 0.144. The molecule has 0 saturated heterocycles. The van der Waals surface area contributed by atoms with E-state index in [0.29, 0.717) is 0 Å². The second-order valence-electron chi connectivity index (χ2n) is 9.62. The van der Waals surface area contributed by atoms with Crippen molar-refractivity contribution in [3.05, 3.63) is 83.9 Å². The Morgan fingerprint density at radius 1 is 0.515 bits per heavy atom. The highest BCUT2D eigenvalue weighted by Crippen LogP contribution is 2.13. The molecule has 0 atom stereocenters. The van der Waals surface area contributed by atoms with Crippen LogP contribution in [0.1, 0.15) is 108 Å². The van der Waals surface area contributed by atoms with Gasteiger partial charge in [0, 0.05) is 13.1 Å². The molecule has 0 saturated carbocycles. The Bertz CT molecular complexity index is 649. The number of unbranched alkanes of at least 4 members (excludes halogenated alkanes) is 12. The summed E-state index contributed by atoms with van der Waals surface area (Å²) in [6.45, 7) is 5.55. The van der Waals surface area contributed by atoms with Gasteiger partial charge >= 0.3 is 0 Å². The van der Waals surface area contributed by atoms with Gasteiger partial charge in [0.25, 0.3) is 0 Å². The standard InChI is InChI=1S/C32H49N/c1-2-3-4-5-6-7-8-9-10-11-12-13-14-15-16-23-28-33(29-31-24-19-17-20-25-31)30-32-26-21-18-22-27-32/h10-11,17-22,24-27H,2-9,12-16,23,28-30H2,1H3/b11-10+. The van der Waals surface area contributed by atoms with Crippen molar-refractivity contribution < 1.29 is 0 Å². The monoisotopic (exact) mass is 447 g/mol. The molecule has 0 aliphatic heterocycles. The summed E-state index contributed by atoms with van der Waals surface area (Å²) in [4.78, 5) is 2.61. The van der Waals surface area contributed by atoms with Crippen LogP contribution in [0.25, 0.3) is 0 Å². The minimum absolute atomic E-state index is 1.04. The number of benzene rings is 2. The van der Waals surface area contributed by atoms with Gasteiger partial charge in [-0.3, -0.25) is 4.90 Å². The summed E-state index contributed by atoms with van der Waals surface area (Å²) in [5, 5.41) is 0. The molecular weight excluding hydrogens is 398 g/mol. The summed E-state index contributed by atoms with van der Waals surface area (Å²) in [5.74, 6) is 0. The van der Waals surface area contributed by atoms with Crippen molar-refractivity contribution >= 4 is 0 Å². The smallest absolute Gasteiger partial charge is 0.0237 e. The molecular formula is C32H49N. The average Bonchev–Trinajstić information content (AvgIpc) is 2.85. The predicted octanol–water partition coefficient (Wildman–Crippen LogP) is 9.73. The van der Waals surface area contributed by atoms with Crippen molar-refractivity contribution in [1.29, 1.82) is 0 Å². The summed E-state index contributed by atoms with van der Waals surface area (Å²) in [6, 6.07) is 21.8. The van der Waals surface area contributed by atoms with Crippen LogP contribution in [0.5, 0.6) is 0 Å². The van der Waals surface area contributed by atoms with E-state index in [2.05, 4.69) is 84.6 Å². The van der Waals surface area contributed by atoms with Crippen LogP contribution in [0.2, 0.25) is 0 Å². The zero-order chi connectivity index (χ0) is 23.2. The van der Waals surface area contributed by atoms with E-state index in [9.17, 15) is 0 Å². The highest BCUT2D eigenvalue weighted by Gasteiger charge is 2.07. The third-order valence-electron chi connectivity index (χ3n) is 6.48. The van der Waals surface area contributed by atoms with E-state index in [1.807, 2.05) is 0 Å². The lowest BCUT2D eigenvalue weighted by Crippen LogP contribution is -2.24. The third kappa shape index (κ3) is 14.8. The van der Waals surface area contributed by atoms with Gasteiger partial charge < -0.3 is 0 Å². The highest BCUT2D eigenvalue weighted by atomic mass is 15.1. The van der Waals surface area contributed by atoms with Crippen LogP contribution in [0.15, 0.2) is 72.8 Å². The summed E-state index contributed by atoms with van der Waals surface area (Å²) < 4.78 is 0. The first-order valence-corrected chi connectivity index (χ1v) is 13.8. The maximum Gasteiger partial charge on any atom is 0.0237 e. The summed E-state index contributed by atoms with van der Waals surface area (Å²) in [5.41, 5.74) is 2.83. The largest absolute Gasteiger partial charge is 0.295 e. The molecule has 0 radical (unpaired) electrons. The Balaban J connectivity index is 1.50. The van der Waals surface area contributed by atoms with Gasteiger partial charge in [-0.25, -0.2) is 0 Å². The molecule has 0 aromatic heterocycles. The van der Waals surface area contributed by atoms with E-state index in [1.165, 1.54) is 108 Å². The predicted molar refractivity (Wildman–Crippen MR) is 146 cm³/mol. The zero-order valence-electron chi connectivity index (χ0n) is 21.4. The number of hydrogen-bond donors (Lipinski definition) is 0. The zero-order valence-corrected chi connectivity index (χ0v) is 21.4. The minimum Gasteiger partial charge on any atom is -0.295 e. The lowest BCUT2D eigenvalue weighted by atomic mass is 10.1. The third-order valence-corrected chi connectivity index (χ3v) is 6.48. The maximum atomic E-state index is 2.61. The van der Waals surface area contributed by atoms with Crippen LogP contribution >= 0.6 is 0 Å². The van der Waals surface area contributed by atoms with Crippen LogP contribution in [-0.4, -0.2) is 11.4 Å². The van der Waals surface area contributed by atoms with Crippen LogP contribution in [0, 0.1) is 0 Å². The molecule has 2 rings (SSSR count). The van der Waals surface area contributed by atoms with E-state index in [4.69, 9.17) is 0 Å². The minimum atomic E-state index is 1.04. The molecule has 0 fully saturated rings. The summed E-state index contributed by atoms with van der Waals surface area (Å²) >= 11 is 0. The molecule has 2 aromatic carbocycles. The van der Waals surface area contributed by atoms with Crippen LogP contribution in [-0.2, 0) is 13.1 Å². The fourth-order valence-corrected chi connectivity index (χ4v) is 4.48. The molecule has 0 amide bonds. The lowest BCUT2D eigenvalue weighted by Gasteiger charge is -2.22. The maximum absolute atomic E-state index is 2.61. The SMILES string of the molecule is CCCCCCCCC/C=C/CCCCCCCN(Cc1ccccc1)Cc1ccccc1. The van der Waals surface area contributed by atoms with Gasteiger partial charge in [0.1, 0.15) is 0 Å². The number of hydrogen-bond acceptors (Lipinski definition) is 1. The van der Waals surface area contributed by atoms with Crippen molar-refractivity contribution in [3.63, 3.8) is 0 Å². The molecule has 0 aliphatic carbocycles. The van der Waals surface area contributed by atoms with Crippen molar-refractivity contribution in [2.75, 3.05) is 6.54 Å². The molecule has 0 N–H and O–H groups in total. The molecule has 0 bridgehead atoms. The number of rotatable bonds is 20. The second kappa shape index (κ2) is 19.6. The fourth-order valence-electron chi connectivity index (χ4n) is 4.48. The molecule has 1 heteroatoms. The molecule has 0 aliphatic rings. The summed E-state index contributed by atoms with van der Waals surface area (Å²) in [6.07, 6.45) is 24.0. The number of nitrogens with zero attached hydrogens (tertiary/aromatic N) is 1. The van der Waals surface area contributed by atoms with Crippen molar-refractivity contribution in [3.8, 4) is 0 Å². The molecule has 0 heterocycles. The van der Waals surface area contributed by atoms with E-state index < -0.39 is 0 Å². The first-order valence-electron chi connectivity index (χ1n) is 13.8. The molecule has 1 nitrogen and oxygen atoms in total. The van der Waals surface area contributed by atoms with Gasteiger partial charge in [0.2, 0.25) is 0 Å². The Morgan fingerprint density at radius 3 is 1.42 bits per heavy atom. The fraction of sp³-hybridized carbons (Fsp3) is 0.562. The normalized spacial score (nSPS) is 11.6. The van der Waals surface area contributed by atoms with E-state index in [-0.39, 0.29) is 0 Å². The van der Waals surface area contributed by atoms with Crippen molar-refractivity contribution in [2.45, 2.75) is 110 Å². The van der Waals surface area contributed by atoms with Crippen LogP contribution < -0.4 is 0 Å². The van der Waals surface area contributed by atoms with E-state index in [0.717, 1.165) is 13.1 Å². The van der Waals surface area contributed by atoms with Gasteiger partial charge in [-0.1, -0.05) is 138 Å². The second-order valence-corrected chi connectivity index (χ2v) is 9.62. The van der Waals surface area contributed by atoms with Crippen LogP contribution in [0.4, 0.5) is 0 Å². The van der Waals surface area contributed by atoms with Gasteiger partial charge in [-0.05, 0) is 49.8 Å². The topological polar surface area (TPSA) is 3.24 Å². The van der Waals surface area contributed by atoms with E-state index in [1.54, 1.807) is 0 Å². The van der Waals surface area contributed by atoms with Crippen molar-refractivity contribution in [2.24, 2.45) is 0 Å². The molecule has 0 spiro atoms. The Kier molecular flexibility index (Phi) is 16.3. The molecule has 0 unspecified atom stereocenters. The number of allylic oxidation sites excluding steroid dienone is 2. The Labute approximate surface area is 205 Å². The highest BCUT2D eigenvalue weighted by molar-refractivity contribution is 5.17. The molecule has 2 aromatic rings. The van der Waals surface area contributed by atoms with Gasteiger partial charge in [-0.2, -0.15) is 0 Å². The summed E-state index contributed by atoms with van der Waals surface area (Å²) in [7, 11) is 0. The Morgan fingerprint density at radius 2 is 0.939 bits per heavy atom. The first kappa shape index (κ1) is 27.4. The molecule has 182 valence electrons. The van der Waals surface area contributed by atoms with E-state index >= 15 is 0 Å². The average molecular weight is 448 g/mol. The first-order chi connectivity index (χ1) is 16.4.